The van der Waals surface area contributed by atoms with Crippen LogP contribution in [0, 0.1) is 10.1 Å². The number of ether oxygens (including phenoxy) is 1. The Balaban J connectivity index is 1.66. The van der Waals surface area contributed by atoms with Crippen molar-refractivity contribution in [3.05, 3.63) is 117 Å². The van der Waals surface area contributed by atoms with E-state index in [1.165, 1.54) is 12.1 Å². The van der Waals surface area contributed by atoms with Crippen LogP contribution in [0.1, 0.15) is 30.9 Å². The van der Waals surface area contributed by atoms with Gasteiger partial charge in [0.2, 0.25) is 0 Å². The van der Waals surface area contributed by atoms with Crippen molar-refractivity contribution in [3.63, 3.8) is 0 Å². The van der Waals surface area contributed by atoms with E-state index < -0.39 is 16.8 Å². The molecule has 0 saturated carbocycles. The molecule has 0 bridgehead atoms. The molecule has 1 aliphatic rings. The number of pyridine rings is 1. The second-order valence-corrected chi connectivity index (χ2v) is 9.19. The maximum Gasteiger partial charge on any atom is 0.336 e. The number of nitro groups is 1. The molecule has 1 unspecified atom stereocenters. The molecule has 0 saturated heterocycles. The molecule has 1 aromatic heterocycles. The third-order valence-electron chi connectivity index (χ3n) is 5.70. The Morgan fingerprint density at radius 3 is 2.60 bits per heavy atom. The molecule has 1 atom stereocenters. The van der Waals surface area contributed by atoms with Gasteiger partial charge in [-0.15, -0.1) is 11.8 Å². The van der Waals surface area contributed by atoms with E-state index in [1.54, 1.807) is 36.3 Å². The first-order chi connectivity index (χ1) is 17.0. The van der Waals surface area contributed by atoms with E-state index in [-0.39, 0.29) is 12.3 Å². The van der Waals surface area contributed by atoms with Gasteiger partial charge in [-0.25, -0.2) is 4.79 Å². The number of nitrogens with one attached hydrogen (secondary N) is 1. The van der Waals surface area contributed by atoms with Gasteiger partial charge in [-0.2, -0.15) is 0 Å². The second-order valence-electron chi connectivity index (χ2n) is 8.03. The molecule has 0 radical (unpaired) electrons. The maximum atomic E-state index is 13.4. The number of benzene rings is 2. The van der Waals surface area contributed by atoms with Gasteiger partial charge >= 0.3 is 5.97 Å². The first kappa shape index (κ1) is 24.2. The van der Waals surface area contributed by atoms with Crippen LogP contribution in [0.25, 0.3) is 5.57 Å². The Morgan fingerprint density at radius 1 is 1.09 bits per heavy atom. The number of esters is 1. The number of hydrogen-bond donors (Lipinski definition) is 1. The molecule has 1 aliphatic heterocycles. The zero-order valence-corrected chi connectivity index (χ0v) is 20.2. The van der Waals surface area contributed by atoms with Crippen LogP contribution in [-0.2, 0) is 9.53 Å². The van der Waals surface area contributed by atoms with E-state index in [0.29, 0.717) is 22.6 Å². The summed E-state index contributed by atoms with van der Waals surface area (Å²) < 4.78 is 5.69. The van der Waals surface area contributed by atoms with E-state index in [4.69, 9.17) is 4.74 Å². The van der Waals surface area contributed by atoms with E-state index in [0.717, 1.165) is 21.7 Å². The van der Waals surface area contributed by atoms with Crippen LogP contribution in [0.2, 0.25) is 0 Å². The molecule has 2 aromatic carbocycles. The highest BCUT2D eigenvalue weighted by Gasteiger charge is 2.35. The normalized spacial score (nSPS) is 15.5. The second kappa shape index (κ2) is 11.0. The summed E-state index contributed by atoms with van der Waals surface area (Å²) in [5, 5.41) is 14.8. The van der Waals surface area contributed by atoms with Crippen molar-refractivity contribution >= 4 is 29.0 Å². The Kier molecular flexibility index (Phi) is 7.62. The number of nitrogens with zero attached hydrogens (tertiary/aromatic N) is 2. The molecule has 7 nitrogen and oxygen atoms in total. The number of dihydropyridines is 1. The van der Waals surface area contributed by atoms with Gasteiger partial charge in [0, 0.05) is 52.5 Å². The highest BCUT2D eigenvalue weighted by Crippen LogP contribution is 2.44. The Morgan fingerprint density at radius 2 is 1.89 bits per heavy atom. The minimum Gasteiger partial charge on any atom is -0.461 e. The average molecular weight is 488 g/mol. The fourth-order valence-corrected chi connectivity index (χ4v) is 4.96. The van der Waals surface area contributed by atoms with Crippen LogP contribution in [0.15, 0.2) is 101 Å². The molecular formula is C27H25N3O4S. The lowest BCUT2D eigenvalue weighted by Gasteiger charge is -2.31. The molecule has 1 N–H and O–H groups in total. The number of hydrogen-bond acceptors (Lipinski definition) is 7. The Bertz CT molecular complexity index is 1290. The van der Waals surface area contributed by atoms with E-state index in [1.807, 2.05) is 56.3 Å². The quantitative estimate of drug-likeness (QED) is 0.143. The van der Waals surface area contributed by atoms with Gasteiger partial charge in [-0.05, 0) is 48.7 Å². The molecule has 35 heavy (non-hydrogen) atoms. The van der Waals surface area contributed by atoms with Crippen molar-refractivity contribution in [1.82, 2.24) is 10.3 Å². The smallest absolute Gasteiger partial charge is 0.336 e. The summed E-state index contributed by atoms with van der Waals surface area (Å²) in [6.45, 7) is 3.99. The number of rotatable bonds is 8. The number of allylic oxidation sites excluding steroid dienone is 3. The zero-order valence-electron chi connectivity index (χ0n) is 19.4. The number of carbonyl (C=O) groups excluding carboxylic acids is 1. The zero-order chi connectivity index (χ0) is 24.8. The molecule has 0 spiro atoms. The van der Waals surface area contributed by atoms with Crippen LogP contribution >= 0.6 is 11.8 Å². The third-order valence-corrected chi connectivity index (χ3v) is 6.67. The first-order valence-electron chi connectivity index (χ1n) is 11.1. The fourth-order valence-electron chi connectivity index (χ4n) is 4.21. The fraction of sp³-hybridized carbons (Fsp3) is 0.185. The van der Waals surface area contributed by atoms with Gasteiger partial charge in [0.1, 0.15) is 6.61 Å². The summed E-state index contributed by atoms with van der Waals surface area (Å²) in [5.41, 5.74) is 4.20. The molecule has 0 fully saturated rings. The Hall–Kier alpha value is -3.91. The molecule has 178 valence electrons. The van der Waals surface area contributed by atoms with Crippen molar-refractivity contribution < 1.29 is 14.5 Å². The van der Waals surface area contributed by atoms with Crippen LogP contribution in [0.5, 0.6) is 0 Å². The van der Waals surface area contributed by atoms with Crippen molar-refractivity contribution in [2.24, 2.45) is 0 Å². The third kappa shape index (κ3) is 5.60. The lowest BCUT2D eigenvalue weighted by molar-refractivity contribution is -0.384. The van der Waals surface area contributed by atoms with E-state index in [2.05, 4.69) is 10.3 Å². The number of non-ortho nitro benzene ring substituents is 1. The monoisotopic (exact) mass is 487 g/mol. The largest absolute Gasteiger partial charge is 0.461 e. The summed E-state index contributed by atoms with van der Waals surface area (Å²) in [6.07, 6.45) is 3.41. The predicted octanol–water partition coefficient (Wildman–Crippen LogP) is 5.72. The van der Waals surface area contributed by atoms with Gasteiger partial charge in [0.25, 0.3) is 5.69 Å². The van der Waals surface area contributed by atoms with Gasteiger partial charge in [0.05, 0.1) is 10.5 Å². The minimum atomic E-state index is -0.547. The van der Waals surface area contributed by atoms with Crippen molar-refractivity contribution in [2.45, 2.75) is 24.7 Å². The van der Waals surface area contributed by atoms with Gasteiger partial charge in [-0.3, -0.25) is 15.1 Å². The average Bonchev–Trinajstić information content (AvgIpc) is 2.87. The number of nitro benzene ring substituents is 1. The predicted molar refractivity (Wildman–Crippen MR) is 137 cm³/mol. The van der Waals surface area contributed by atoms with Crippen LogP contribution in [0.4, 0.5) is 5.69 Å². The molecule has 3 aromatic rings. The molecule has 8 heteroatoms. The summed E-state index contributed by atoms with van der Waals surface area (Å²) in [6, 6.07) is 20.1. The molecule has 0 aliphatic carbocycles. The Labute approximate surface area is 208 Å². The lowest BCUT2D eigenvalue weighted by Crippen LogP contribution is -2.29. The van der Waals surface area contributed by atoms with Crippen LogP contribution in [-0.4, -0.2) is 28.2 Å². The topological polar surface area (TPSA) is 94.4 Å². The number of aromatic nitrogens is 1. The summed E-state index contributed by atoms with van der Waals surface area (Å²) >= 11 is 1.61. The van der Waals surface area contributed by atoms with E-state index in [9.17, 15) is 14.9 Å². The highest BCUT2D eigenvalue weighted by atomic mass is 32.2. The number of carbonyl (C=O) groups is 1. The highest BCUT2D eigenvalue weighted by molar-refractivity contribution is 7.99. The van der Waals surface area contributed by atoms with Crippen molar-refractivity contribution in [3.8, 4) is 0 Å². The standard InChI is InChI=1S/C27H25N3O4S/c1-18-24(21-9-7-13-28-17-21)26(20-8-6-10-22(16-20)30(32)33)25(19(2)29-18)27(31)34-14-15-35-23-11-4-3-5-12-23/h3-13,16-17,26,29H,14-15H2,1-2H3. The van der Waals surface area contributed by atoms with Gasteiger partial charge in [-0.1, -0.05) is 36.4 Å². The molecule has 0 amide bonds. The van der Waals surface area contributed by atoms with Crippen molar-refractivity contribution in [2.75, 3.05) is 12.4 Å². The molecule has 2 heterocycles. The van der Waals surface area contributed by atoms with Crippen LogP contribution in [0.3, 0.4) is 0 Å². The molecule has 4 rings (SSSR count). The van der Waals surface area contributed by atoms with Gasteiger partial charge in [0.15, 0.2) is 0 Å². The molecular weight excluding hydrogens is 462 g/mol. The summed E-state index contributed by atoms with van der Waals surface area (Å²) in [4.78, 5) is 29.8. The minimum absolute atomic E-state index is 0.0335. The lowest BCUT2D eigenvalue weighted by atomic mass is 9.78. The maximum absolute atomic E-state index is 13.4. The SMILES string of the molecule is CC1=C(C(=O)OCCSc2ccccc2)C(c2cccc([N+](=O)[O-])c2)C(c2cccnc2)=C(C)N1. The summed E-state index contributed by atoms with van der Waals surface area (Å²) in [5.74, 6) is -0.384. The first-order valence-corrected chi connectivity index (χ1v) is 12.1. The van der Waals surface area contributed by atoms with Crippen molar-refractivity contribution in [1.29, 1.82) is 0 Å². The van der Waals surface area contributed by atoms with Crippen LogP contribution < -0.4 is 5.32 Å². The summed E-state index contributed by atoms with van der Waals surface area (Å²) in [7, 11) is 0. The number of thioether (sulfide) groups is 1. The van der Waals surface area contributed by atoms with E-state index >= 15 is 0 Å². The van der Waals surface area contributed by atoms with Gasteiger partial charge < -0.3 is 10.1 Å².